The first-order valence-electron chi connectivity index (χ1n) is 6.18. The summed E-state index contributed by atoms with van der Waals surface area (Å²) in [6, 6.07) is -0.544. The average molecular weight is 233 g/mol. The fourth-order valence-electron chi connectivity index (χ4n) is 2.71. The lowest BCUT2D eigenvalue weighted by Gasteiger charge is -2.44. The number of rotatable bonds is 2. The van der Waals surface area contributed by atoms with E-state index in [1.54, 1.807) is 0 Å². The maximum absolute atomic E-state index is 14.0. The Morgan fingerprint density at radius 1 is 1.25 bits per heavy atom. The number of piperazine rings is 1. The van der Waals surface area contributed by atoms with Gasteiger partial charge in [-0.15, -0.1) is 0 Å². The first kappa shape index (κ1) is 12.2. The summed E-state index contributed by atoms with van der Waals surface area (Å²) in [4.78, 5) is 3.81. The first-order chi connectivity index (χ1) is 7.63. The van der Waals surface area contributed by atoms with Gasteiger partial charge < -0.3 is 5.32 Å². The maximum Gasteiger partial charge on any atom is 0.275 e. The topological polar surface area (TPSA) is 18.5 Å². The summed E-state index contributed by atoms with van der Waals surface area (Å²) in [6.07, 6.45) is 0.598. The zero-order chi connectivity index (χ0) is 11.6. The standard InChI is InChI=1S/C11H21F2N3/c1-2-15-6-3-10(11(12,13)9-15)16-7-4-14-5-8-16/h10,14H,2-9H2,1H3. The Kier molecular flexibility index (Phi) is 3.77. The van der Waals surface area contributed by atoms with Crippen LogP contribution in [0, 0.1) is 0 Å². The summed E-state index contributed by atoms with van der Waals surface area (Å²) in [5.41, 5.74) is 0. The van der Waals surface area contributed by atoms with Gasteiger partial charge >= 0.3 is 0 Å². The average Bonchev–Trinajstić information content (AvgIpc) is 2.28. The van der Waals surface area contributed by atoms with Crippen molar-refractivity contribution in [2.45, 2.75) is 25.3 Å². The van der Waals surface area contributed by atoms with Gasteiger partial charge in [-0.05, 0) is 13.0 Å². The van der Waals surface area contributed by atoms with E-state index in [4.69, 9.17) is 0 Å². The number of halogens is 2. The lowest BCUT2D eigenvalue weighted by atomic mass is 9.98. The van der Waals surface area contributed by atoms with Gasteiger partial charge in [0.1, 0.15) is 0 Å². The summed E-state index contributed by atoms with van der Waals surface area (Å²) in [5.74, 6) is -2.55. The van der Waals surface area contributed by atoms with Crippen molar-refractivity contribution in [1.29, 1.82) is 0 Å². The predicted octanol–water partition coefficient (Wildman–Crippen LogP) is 0.621. The summed E-state index contributed by atoms with van der Waals surface area (Å²) in [7, 11) is 0. The molecule has 16 heavy (non-hydrogen) atoms. The van der Waals surface area contributed by atoms with Gasteiger partial charge in [-0.2, -0.15) is 0 Å². The van der Waals surface area contributed by atoms with Crippen LogP contribution in [0.4, 0.5) is 8.78 Å². The molecule has 2 heterocycles. The van der Waals surface area contributed by atoms with Crippen LogP contribution >= 0.6 is 0 Å². The molecule has 1 unspecified atom stereocenters. The van der Waals surface area contributed by atoms with Gasteiger partial charge in [0.15, 0.2) is 0 Å². The highest BCUT2D eigenvalue weighted by molar-refractivity contribution is 4.94. The van der Waals surface area contributed by atoms with Gasteiger partial charge in [-0.25, -0.2) is 8.78 Å². The minimum absolute atomic E-state index is 0.0713. The molecule has 2 saturated heterocycles. The number of hydrogen-bond acceptors (Lipinski definition) is 3. The van der Waals surface area contributed by atoms with Crippen LogP contribution in [-0.2, 0) is 0 Å². The Balaban J connectivity index is 1.98. The van der Waals surface area contributed by atoms with Crippen LogP contribution in [-0.4, -0.2) is 67.6 Å². The van der Waals surface area contributed by atoms with Crippen molar-refractivity contribution in [3.05, 3.63) is 0 Å². The van der Waals surface area contributed by atoms with E-state index < -0.39 is 12.0 Å². The Morgan fingerprint density at radius 3 is 2.50 bits per heavy atom. The molecule has 0 radical (unpaired) electrons. The Hall–Kier alpha value is -0.260. The molecule has 0 bridgehead atoms. The molecule has 0 spiro atoms. The van der Waals surface area contributed by atoms with E-state index in [-0.39, 0.29) is 6.54 Å². The highest BCUT2D eigenvalue weighted by atomic mass is 19.3. The molecule has 0 aromatic heterocycles. The molecule has 0 aromatic rings. The van der Waals surface area contributed by atoms with Crippen molar-refractivity contribution in [3.8, 4) is 0 Å². The highest BCUT2D eigenvalue weighted by Crippen LogP contribution is 2.31. The third-order valence-electron chi connectivity index (χ3n) is 3.68. The number of hydrogen-bond donors (Lipinski definition) is 1. The quantitative estimate of drug-likeness (QED) is 0.754. The summed E-state index contributed by atoms with van der Waals surface area (Å²) < 4.78 is 28.0. The largest absolute Gasteiger partial charge is 0.314 e. The van der Waals surface area contributed by atoms with Crippen LogP contribution in [0.5, 0.6) is 0 Å². The summed E-state index contributed by atoms with van der Waals surface area (Å²) >= 11 is 0. The van der Waals surface area contributed by atoms with Crippen LogP contribution in [0.25, 0.3) is 0 Å². The zero-order valence-electron chi connectivity index (χ0n) is 9.88. The van der Waals surface area contributed by atoms with E-state index in [9.17, 15) is 8.78 Å². The number of nitrogens with zero attached hydrogens (tertiary/aromatic N) is 2. The van der Waals surface area contributed by atoms with Gasteiger partial charge in [0.05, 0.1) is 12.6 Å². The van der Waals surface area contributed by atoms with Crippen molar-refractivity contribution in [2.24, 2.45) is 0 Å². The summed E-state index contributed by atoms with van der Waals surface area (Å²) in [6.45, 7) is 6.59. The molecule has 1 atom stereocenters. The van der Waals surface area contributed by atoms with Crippen molar-refractivity contribution >= 4 is 0 Å². The molecule has 1 N–H and O–H groups in total. The molecule has 0 aliphatic carbocycles. The molecule has 2 aliphatic rings. The monoisotopic (exact) mass is 233 g/mol. The number of nitrogens with one attached hydrogen (secondary N) is 1. The smallest absolute Gasteiger partial charge is 0.275 e. The molecule has 2 rings (SSSR count). The van der Waals surface area contributed by atoms with Gasteiger partial charge in [-0.3, -0.25) is 9.80 Å². The Morgan fingerprint density at radius 2 is 1.94 bits per heavy atom. The van der Waals surface area contributed by atoms with Crippen molar-refractivity contribution in [2.75, 3.05) is 45.8 Å². The second kappa shape index (κ2) is 4.94. The minimum Gasteiger partial charge on any atom is -0.314 e. The van der Waals surface area contributed by atoms with Crippen LogP contribution in [0.1, 0.15) is 13.3 Å². The molecule has 2 aliphatic heterocycles. The lowest BCUT2D eigenvalue weighted by Crippen LogP contribution is -2.61. The SMILES string of the molecule is CCN1CCC(N2CCNCC2)C(F)(F)C1. The van der Waals surface area contributed by atoms with Gasteiger partial charge in [0.25, 0.3) is 5.92 Å². The molecule has 0 aromatic carbocycles. The minimum atomic E-state index is -2.55. The molecule has 2 fully saturated rings. The van der Waals surface area contributed by atoms with Crippen LogP contribution in [0.2, 0.25) is 0 Å². The first-order valence-corrected chi connectivity index (χ1v) is 6.18. The maximum atomic E-state index is 14.0. The van der Waals surface area contributed by atoms with E-state index >= 15 is 0 Å². The second-order valence-electron chi connectivity index (χ2n) is 4.72. The molecule has 0 saturated carbocycles. The second-order valence-corrected chi connectivity index (χ2v) is 4.72. The fourth-order valence-corrected chi connectivity index (χ4v) is 2.71. The van der Waals surface area contributed by atoms with Gasteiger partial charge in [0.2, 0.25) is 0 Å². The van der Waals surface area contributed by atoms with Gasteiger partial charge in [0, 0.05) is 32.7 Å². The van der Waals surface area contributed by atoms with E-state index in [2.05, 4.69) is 5.32 Å². The van der Waals surface area contributed by atoms with Crippen LogP contribution in [0.3, 0.4) is 0 Å². The highest BCUT2D eigenvalue weighted by Gasteiger charge is 2.46. The molecule has 0 amide bonds. The predicted molar refractivity (Wildman–Crippen MR) is 59.9 cm³/mol. The number of likely N-dealkylation sites (tertiary alicyclic amines) is 1. The van der Waals surface area contributed by atoms with E-state index in [1.807, 2.05) is 16.7 Å². The molecular formula is C11H21F2N3. The van der Waals surface area contributed by atoms with Crippen molar-refractivity contribution in [1.82, 2.24) is 15.1 Å². The lowest BCUT2D eigenvalue weighted by molar-refractivity contribution is -0.128. The summed E-state index contributed by atoms with van der Waals surface area (Å²) in [5, 5.41) is 3.20. The zero-order valence-corrected chi connectivity index (χ0v) is 9.88. The van der Waals surface area contributed by atoms with E-state index in [0.29, 0.717) is 6.42 Å². The Labute approximate surface area is 95.8 Å². The van der Waals surface area contributed by atoms with Crippen molar-refractivity contribution < 1.29 is 8.78 Å². The van der Waals surface area contributed by atoms with E-state index in [0.717, 1.165) is 39.3 Å². The van der Waals surface area contributed by atoms with Crippen LogP contribution < -0.4 is 5.32 Å². The molecule has 94 valence electrons. The fraction of sp³-hybridized carbons (Fsp3) is 1.00. The number of piperidine rings is 1. The van der Waals surface area contributed by atoms with E-state index in [1.165, 1.54) is 0 Å². The van der Waals surface area contributed by atoms with Gasteiger partial charge in [-0.1, -0.05) is 6.92 Å². The molecule has 3 nitrogen and oxygen atoms in total. The third kappa shape index (κ3) is 2.52. The third-order valence-corrected chi connectivity index (χ3v) is 3.68. The Bertz CT molecular complexity index is 229. The normalized spacial score (nSPS) is 32.8. The molecule has 5 heteroatoms. The number of alkyl halides is 2. The van der Waals surface area contributed by atoms with Crippen molar-refractivity contribution in [3.63, 3.8) is 0 Å². The van der Waals surface area contributed by atoms with Crippen LogP contribution in [0.15, 0.2) is 0 Å². The molecular weight excluding hydrogens is 212 g/mol.